The van der Waals surface area contributed by atoms with E-state index >= 15 is 0 Å². The number of alkyl halides is 6. The summed E-state index contributed by atoms with van der Waals surface area (Å²) in [5, 5.41) is 15.9. The Hall–Kier alpha value is -4.62. The Balaban J connectivity index is 0.000000212. The van der Waals surface area contributed by atoms with Crippen LogP contribution >= 0.6 is 0 Å². The lowest BCUT2D eigenvalue weighted by Crippen LogP contribution is -2.18. The average molecular weight is 540 g/mol. The molecule has 0 saturated heterocycles. The van der Waals surface area contributed by atoms with Gasteiger partial charge < -0.3 is 9.84 Å². The summed E-state index contributed by atoms with van der Waals surface area (Å²) in [6.45, 7) is 1.51. The van der Waals surface area contributed by atoms with Gasteiger partial charge in [-0.1, -0.05) is 36.4 Å². The van der Waals surface area contributed by atoms with E-state index in [2.05, 4.69) is 14.9 Å². The van der Waals surface area contributed by atoms with Gasteiger partial charge in [-0.15, -0.1) is 0 Å². The molecule has 0 unspecified atom stereocenters. The summed E-state index contributed by atoms with van der Waals surface area (Å²) in [4.78, 5) is 22.3. The molecule has 0 aliphatic rings. The van der Waals surface area contributed by atoms with Crippen LogP contribution in [0.3, 0.4) is 0 Å². The minimum Gasteiger partial charge on any atom is -0.478 e. The van der Waals surface area contributed by atoms with Gasteiger partial charge >= 0.3 is 24.3 Å². The standard InChI is InChI=1S/C13H11F3N2O2.C11H7F3N2O2/c1-2-20-12(19)10-8-17-18(11(10)13(14,15)16)9-6-4-3-5-7-9;12-11(13,14)9-8(10(17)18)6-15-16(9)7-4-2-1-3-5-7/h3-8H,2H2,1H3;1-6H,(H,17,18). The topological polar surface area (TPSA) is 99.2 Å². The van der Waals surface area contributed by atoms with E-state index in [4.69, 9.17) is 5.11 Å². The number of nitrogens with zero attached hydrogens (tertiary/aromatic N) is 4. The van der Waals surface area contributed by atoms with Crippen LogP contribution in [0, 0.1) is 0 Å². The first kappa shape index (κ1) is 28.0. The Labute approximate surface area is 210 Å². The molecule has 0 radical (unpaired) electrons. The van der Waals surface area contributed by atoms with Crippen LogP contribution in [-0.2, 0) is 17.1 Å². The van der Waals surface area contributed by atoms with Gasteiger partial charge in [-0.05, 0) is 31.2 Å². The van der Waals surface area contributed by atoms with Crippen LogP contribution in [0.15, 0.2) is 73.1 Å². The van der Waals surface area contributed by atoms with Crippen molar-refractivity contribution in [3.63, 3.8) is 0 Å². The van der Waals surface area contributed by atoms with E-state index < -0.39 is 46.8 Å². The van der Waals surface area contributed by atoms with Crippen molar-refractivity contribution in [2.24, 2.45) is 0 Å². The average Bonchev–Trinajstić information content (AvgIpc) is 3.51. The molecule has 0 aliphatic heterocycles. The number of hydrogen-bond donors (Lipinski definition) is 1. The maximum Gasteiger partial charge on any atom is 0.434 e. The number of esters is 1. The minimum absolute atomic E-state index is 0.00729. The zero-order valence-corrected chi connectivity index (χ0v) is 19.4. The fourth-order valence-corrected chi connectivity index (χ4v) is 3.29. The van der Waals surface area contributed by atoms with Gasteiger partial charge in [-0.2, -0.15) is 36.5 Å². The highest BCUT2D eigenvalue weighted by molar-refractivity contribution is 5.91. The largest absolute Gasteiger partial charge is 0.478 e. The van der Waals surface area contributed by atoms with Gasteiger partial charge in [0.05, 0.1) is 30.4 Å². The van der Waals surface area contributed by atoms with Crippen molar-refractivity contribution in [2.75, 3.05) is 6.61 Å². The molecule has 4 rings (SSSR count). The zero-order valence-electron chi connectivity index (χ0n) is 19.4. The number of para-hydroxylation sites is 2. The van der Waals surface area contributed by atoms with E-state index in [1.54, 1.807) is 24.3 Å². The third-order valence-corrected chi connectivity index (χ3v) is 4.80. The van der Waals surface area contributed by atoms with Crippen molar-refractivity contribution in [1.82, 2.24) is 19.6 Å². The number of rotatable bonds is 5. The van der Waals surface area contributed by atoms with Crippen molar-refractivity contribution in [2.45, 2.75) is 19.3 Å². The molecular weight excluding hydrogens is 522 g/mol. The predicted molar refractivity (Wildman–Crippen MR) is 120 cm³/mol. The van der Waals surface area contributed by atoms with Crippen LogP contribution in [0.1, 0.15) is 39.0 Å². The smallest absolute Gasteiger partial charge is 0.434 e. The van der Waals surface area contributed by atoms with Crippen LogP contribution in [0.5, 0.6) is 0 Å². The maximum atomic E-state index is 13.2. The van der Waals surface area contributed by atoms with Crippen molar-refractivity contribution in [1.29, 1.82) is 0 Å². The van der Waals surface area contributed by atoms with Crippen molar-refractivity contribution < 1.29 is 45.8 Å². The number of halogens is 6. The highest BCUT2D eigenvalue weighted by atomic mass is 19.4. The molecule has 0 aliphatic carbocycles. The Kier molecular flexibility index (Phi) is 8.23. The Morgan fingerprint density at radius 1 is 0.763 bits per heavy atom. The second-order valence-corrected chi connectivity index (χ2v) is 7.33. The third kappa shape index (κ3) is 6.19. The second kappa shape index (κ2) is 11.2. The summed E-state index contributed by atoms with van der Waals surface area (Å²) in [6, 6.07) is 15.3. The van der Waals surface area contributed by atoms with Crippen molar-refractivity contribution >= 4 is 11.9 Å². The van der Waals surface area contributed by atoms with E-state index in [0.717, 1.165) is 6.20 Å². The van der Waals surface area contributed by atoms with Gasteiger partial charge in [0.1, 0.15) is 11.1 Å². The molecule has 0 fully saturated rings. The molecule has 0 saturated carbocycles. The number of carbonyl (C=O) groups is 2. The molecule has 1 N–H and O–H groups in total. The van der Waals surface area contributed by atoms with Crippen LogP contribution < -0.4 is 0 Å². The van der Waals surface area contributed by atoms with E-state index in [1.165, 1.54) is 43.3 Å². The normalized spacial score (nSPS) is 11.4. The predicted octanol–water partition coefficient (Wildman–Crippen LogP) is 5.66. The molecule has 0 atom stereocenters. The van der Waals surface area contributed by atoms with Gasteiger partial charge in [-0.3, -0.25) is 0 Å². The van der Waals surface area contributed by atoms with E-state index in [9.17, 15) is 35.9 Å². The molecule has 2 aromatic heterocycles. The fraction of sp³-hybridized carbons (Fsp3) is 0.167. The first-order chi connectivity index (χ1) is 17.9. The van der Waals surface area contributed by atoms with Crippen LogP contribution in [-0.4, -0.2) is 43.2 Å². The summed E-state index contributed by atoms with van der Waals surface area (Å²) in [5.41, 5.74) is -3.52. The Bertz CT molecular complexity index is 1400. The molecule has 0 spiro atoms. The number of carboxylic acids is 1. The van der Waals surface area contributed by atoms with Gasteiger partial charge in [0.2, 0.25) is 0 Å². The number of carboxylic acid groups (broad SMARTS) is 1. The second-order valence-electron chi connectivity index (χ2n) is 7.33. The van der Waals surface area contributed by atoms with Crippen LogP contribution in [0.2, 0.25) is 0 Å². The Morgan fingerprint density at radius 3 is 1.53 bits per heavy atom. The first-order valence-corrected chi connectivity index (χ1v) is 10.7. The molecule has 0 bridgehead atoms. The molecule has 200 valence electrons. The molecule has 2 aromatic carbocycles. The van der Waals surface area contributed by atoms with Crippen molar-refractivity contribution in [3.8, 4) is 11.4 Å². The SMILES string of the molecule is CCOC(=O)c1cnn(-c2ccccc2)c1C(F)(F)F.O=C(O)c1cnn(-c2ccccc2)c1C(F)(F)F. The lowest BCUT2D eigenvalue weighted by Gasteiger charge is -2.12. The van der Waals surface area contributed by atoms with Crippen molar-refractivity contribution in [3.05, 3.63) is 95.6 Å². The number of aromatic nitrogens is 4. The lowest BCUT2D eigenvalue weighted by molar-refractivity contribution is -0.144. The summed E-state index contributed by atoms with van der Waals surface area (Å²) in [7, 11) is 0. The summed E-state index contributed by atoms with van der Waals surface area (Å²) >= 11 is 0. The van der Waals surface area contributed by atoms with E-state index in [1.807, 2.05) is 0 Å². The maximum absolute atomic E-state index is 13.2. The van der Waals surface area contributed by atoms with Crippen LogP contribution in [0.25, 0.3) is 11.4 Å². The molecule has 38 heavy (non-hydrogen) atoms. The van der Waals surface area contributed by atoms with Crippen LogP contribution in [0.4, 0.5) is 26.3 Å². The Morgan fingerprint density at radius 2 is 1.16 bits per heavy atom. The van der Waals surface area contributed by atoms with Gasteiger partial charge in [0.15, 0.2) is 11.4 Å². The third-order valence-electron chi connectivity index (χ3n) is 4.80. The molecular formula is C24H18F6N4O4. The number of benzene rings is 2. The number of ether oxygens (including phenoxy) is 1. The minimum atomic E-state index is -4.79. The molecule has 4 aromatic rings. The molecule has 2 heterocycles. The molecule has 0 amide bonds. The van der Waals surface area contributed by atoms with E-state index in [-0.39, 0.29) is 18.0 Å². The summed E-state index contributed by atoms with van der Waals surface area (Å²) in [5.74, 6) is -2.70. The first-order valence-electron chi connectivity index (χ1n) is 10.7. The molecule has 8 nitrogen and oxygen atoms in total. The number of carbonyl (C=O) groups excluding carboxylic acids is 1. The van der Waals surface area contributed by atoms with Gasteiger partial charge in [0.25, 0.3) is 0 Å². The van der Waals surface area contributed by atoms with Gasteiger partial charge in [-0.25, -0.2) is 19.0 Å². The summed E-state index contributed by atoms with van der Waals surface area (Å²) < 4.78 is 84.0. The van der Waals surface area contributed by atoms with Gasteiger partial charge in [0, 0.05) is 0 Å². The fourth-order valence-electron chi connectivity index (χ4n) is 3.29. The molecule has 14 heteroatoms. The van der Waals surface area contributed by atoms with E-state index in [0.29, 0.717) is 15.6 Å². The number of hydrogen-bond acceptors (Lipinski definition) is 5. The number of aromatic carboxylic acids is 1. The monoisotopic (exact) mass is 540 g/mol. The quantitative estimate of drug-likeness (QED) is 0.259. The highest BCUT2D eigenvalue weighted by Gasteiger charge is 2.41. The lowest BCUT2D eigenvalue weighted by atomic mass is 10.2. The summed E-state index contributed by atoms with van der Waals surface area (Å²) in [6.07, 6.45) is -7.94. The zero-order chi connectivity index (χ0) is 28.1. The highest BCUT2D eigenvalue weighted by Crippen LogP contribution is 2.34.